The highest BCUT2D eigenvalue weighted by Gasteiger charge is 2.27. The molecule has 3 aliphatic rings. The average Bonchev–Trinajstić information content (AvgIpc) is 3.52. The molecule has 9 heteroatoms. The topological polar surface area (TPSA) is 97.0 Å². The van der Waals surface area contributed by atoms with Crippen molar-refractivity contribution < 1.29 is 14.6 Å². The SMILES string of the molecule is O=C(c1cc2c(CN3CCCCC3)n[nH]c2cc1O)N1Cc2ccc(OCCN3CCNCC3)cc2C1. The number of aromatic hydroxyl groups is 1. The van der Waals surface area contributed by atoms with E-state index in [1.807, 2.05) is 12.1 Å². The zero-order valence-electron chi connectivity index (χ0n) is 21.3. The molecule has 9 nitrogen and oxygen atoms in total. The normalized spacial score (nSPS) is 18.9. The Morgan fingerprint density at radius 1 is 0.973 bits per heavy atom. The number of H-pyrrole nitrogens is 1. The second kappa shape index (κ2) is 10.7. The largest absolute Gasteiger partial charge is 0.507 e. The van der Waals surface area contributed by atoms with Crippen molar-refractivity contribution in [2.75, 3.05) is 52.4 Å². The molecule has 2 saturated heterocycles. The van der Waals surface area contributed by atoms with Gasteiger partial charge in [-0.05, 0) is 55.3 Å². The fourth-order valence-electron chi connectivity index (χ4n) is 5.73. The molecule has 0 aliphatic carbocycles. The predicted molar refractivity (Wildman–Crippen MR) is 142 cm³/mol. The number of hydrogen-bond acceptors (Lipinski definition) is 7. The van der Waals surface area contributed by atoms with E-state index in [0.29, 0.717) is 25.3 Å². The summed E-state index contributed by atoms with van der Waals surface area (Å²) in [4.78, 5) is 20.1. The second-order valence-electron chi connectivity index (χ2n) is 10.5. The van der Waals surface area contributed by atoms with Gasteiger partial charge < -0.3 is 20.1 Å². The number of piperidine rings is 1. The van der Waals surface area contributed by atoms with Gasteiger partial charge in [0, 0.05) is 63.8 Å². The van der Waals surface area contributed by atoms with E-state index >= 15 is 0 Å². The first-order valence-electron chi connectivity index (χ1n) is 13.5. The van der Waals surface area contributed by atoms with E-state index in [-0.39, 0.29) is 11.7 Å². The number of rotatable bonds is 7. The van der Waals surface area contributed by atoms with Gasteiger partial charge in [-0.1, -0.05) is 12.5 Å². The van der Waals surface area contributed by atoms with E-state index in [4.69, 9.17) is 4.74 Å². The van der Waals surface area contributed by atoms with Crippen molar-refractivity contribution in [2.24, 2.45) is 0 Å². The molecule has 0 unspecified atom stereocenters. The van der Waals surface area contributed by atoms with Crippen LogP contribution >= 0.6 is 0 Å². The van der Waals surface area contributed by atoms with Crippen LogP contribution in [0.2, 0.25) is 0 Å². The Bertz CT molecular complexity index is 1260. The predicted octanol–water partition coefficient (Wildman–Crippen LogP) is 2.69. The summed E-state index contributed by atoms with van der Waals surface area (Å²) < 4.78 is 6.03. The lowest BCUT2D eigenvalue weighted by Gasteiger charge is -2.26. The second-order valence-corrected chi connectivity index (χ2v) is 10.5. The number of nitrogens with one attached hydrogen (secondary N) is 2. The third-order valence-corrected chi connectivity index (χ3v) is 7.88. The summed E-state index contributed by atoms with van der Waals surface area (Å²) in [7, 11) is 0. The summed E-state index contributed by atoms with van der Waals surface area (Å²) >= 11 is 0. The number of amides is 1. The van der Waals surface area contributed by atoms with Crippen LogP contribution in [0.4, 0.5) is 0 Å². The minimum Gasteiger partial charge on any atom is -0.507 e. The standard InChI is InChI=1S/C28H36N6O3/c35-27-16-25-23(26(31-30-25)19-33-8-2-1-3-9-33)15-24(27)28(36)34-17-20-4-5-22(14-21(20)18-34)37-13-12-32-10-6-29-7-11-32/h4-5,14-16,29,35H,1-3,6-13,17-19H2,(H,30,31). The van der Waals surface area contributed by atoms with Crippen molar-refractivity contribution in [2.45, 2.75) is 38.9 Å². The molecule has 1 amide bonds. The van der Waals surface area contributed by atoms with Gasteiger partial charge in [0.15, 0.2) is 0 Å². The fraction of sp³-hybridized carbons (Fsp3) is 0.500. The molecule has 1 aromatic heterocycles. The van der Waals surface area contributed by atoms with Crippen LogP contribution in [-0.2, 0) is 19.6 Å². The first-order valence-corrected chi connectivity index (χ1v) is 13.5. The van der Waals surface area contributed by atoms with Gasteiger partial charge in [0.1, 0.15) is 18.1 Å². The molecule has 3 N–H and O–H groups in total. The molecule has 37 heavy (non-hydrogen) atoms. The number of nitrogens with zero attached hydrogens (tertiary/aromatic N) is 4. The van der Waals surface area contributed by atoms with Gasteiger partial charge in [-0.2, -0.15) is 5.10 Å². The molecular formula is C28H36N6O3. The van der Waals surface area contributed by atoms with Crippen LogP contribution < -0.4 is 10.1 Å². The maximum Gasteiger partial charge on any atom is 0.258 e. The van der Waals surface area contributed by atoms with Crippen LogP contribution in [0.15, 0.2) is 30.3 Å². The highest BCUT2D eigenvalue weighted by molar-refractivity contribution is 6.01. The summed E-state index contributed by atoms with van der Waals surface area (Å²) in [6.07, 6.45) is 3.71. The summed E-state index contributed by atoms with van der Waals surface area (Å²) in [6, 6.07) is 9.54. The number of phenols is 1. The minimum absolute atomic E-state index is 0.0152. The zero-order chi connectivity index (χ0) is 25.2. The maximum atomic E-state index is 13.5. The molecule has 196 valence electrons. The van der Waals surface area contributed by atoms with E-state index in [1.54, 1.807) is 11.0 Å². The fourth-order valence-corrected chi connectivity index (χ4v) is 5.73. The lowest BCUT2D eigenvalue weighted by atomic mass is 10.1. The van der Waals surface area contributed by atoms with Crippen molar-refractivity contribution in [3.05, 3.63) is 52.7 Å². The van der Waals surface area contributed by atoms with E-state index in [2.05, 4.69) is 37.4 Å². The lowest BCUT2D eigenvalue weighted by Crippen LogP contribution is -2.44. The van der Waals surface area contributed by atoms with Crippen LogP contribution in [0.3, 0.4) is 0 Å². The first-order chi connectivity index (χ1) is 18.1. The highest BCUT2D eigenvalue weighted by atomic mass is 16.5. The summed E-state index contributed by atoms with van der Waals surface area (Å²) in [6.45, 7) is 9.69. The quantitative estimate of drug-likeness (QED) is 0.455. The van der Waals surface area contributed by atoms with Gasteiger partial charge in [0.2, 0.25) is 0 Å². The number of benzene rings is 2. The number of aromatic nitrogens is 2. The molecule has 0 atom stereocenters. The number of phenolic OH excluding ortho intramolecular Hbond substituents is 1. The van der Waals surface area contributed by atoms with Gasteiger partial charge in [-0.25, -0.2) is 0 Å². The Hall–Kier alpha value is -3.14. The minimum atomic E-state index is -0.165. The van der Waals surface area contributed by atoms with Crippen molar-refractivity contribution in [3.8, 4) is 11.5 Å². The third-order valence-electron chi connectivity index (χ3n) is 7.88. The number of likely N-dealkylation sites (tertiary alicyclic amines) is 1. The van der Waals surface area contributed by atoms with Crippen LogP contribution in [0.1, 0.15) is 46.4 Å². The molecule has 3 aliphatic heterocycles. The maximum absolute atomic E-state index is 13.5. The average molecular weight is 505 g/mol. The Morgan fingerprint density at radius 3 is 2.62 bits per heavy atom. The van der Waals surface area contributed by atoms with E-state index < -0.39 is 0 Å². The van der Waals surface area contributed by atoms with Gasteiger partial charge in [-0.15, -0.1) is 0 Å². The zero-order valence-corrected chi connectivity index (χ0v) is 21.3. The van der Waals surface area contributed by atoms with Crippen molar-refractivity contribution in [1.29, 1.82) is 0 Å². The smallest absolute Gasteiger partial charge is 0.258 e. The monoisotopic (exact) mass is 504 g/mol. The number of piperazine rings is 1. The molecule has 4 heterocycles. The molecule has 6 rings (SSSR count). The van der Waals surface area contributed by atoms with E-state index in [1.165, 1.54) is 19.3 Å². The molecule has 2 aromatic carbocycles. The molecule has 2 fully saturated rings. The summed E-state index contributed by atoms with van der Waals surface area (Å²) in [5, 5.41) is 22.5. The van der Waals surface area contributed by atoms with Gasteiger partial charge in [-0.3, -0.25) is 19.7 Å². The summed E-state index contributed by atoms with van der Waals surface area (Å²) in [5.74, 6) is 0.661. The van der Waals surface area contributed by atoms with Crippen molar-refractivity contribution >= 4 is 16.8 Å². The van der Waals surface area contributed by atoms with Crippen LogP contribution in [0.25, 0.3) is 10.9 Å². The molecule has 0 radical (unpaired) electrons. The number of carbonyl (C=O) groups is 1. The molecule has 0 saturated carbocycles. The Labute approximate surface area is 217 Å². The summed E-state index contributed by atoms with van der Waals surface area (Å²) in [5.41, 5.74) is 4.24. The van der Waals surface area contributed by atoms with Crippen LogP contribution in [0, 0.1) is 0 Å². The van der Waals surface area contributed by atoms with Gasteiger partial charge in [0.25, 0.3) is 5.91 Å². The molecular weight excluding hydrogens is 468 g/mol. The van der Waals surface area contributed by atoms with Crippen molar-refractivity contribution in [1.82, 2.24) is 30.2 Å². The van der Waals surface area contributed by atoms with E-state index in [9.17, 15) is 9.90 Å². The van der Waals surface area contributed by atoms with Crippen molar-refractivity contribution in [3.63, 3.8) is 0 Å². The molecule has 0 spiro atoms. The lowest BCUT2D eigenvalue weighted by molar-refractivity contribution is 0.0748. The van der Waals surface area contributed by atoms with Gasteiger partial charge >= 0.3 is 0 Å². The number of ether oxygens (including phenoxy) is 1. The first kappa shape index (κ1) is 24.2. The van der Waals surface area contributed by atoms with E-state index in [0.717, 1.165) is 85.8 Å². The van der Waals surface area contributed by atoms with Crippen LogP contribution in [-0.4, -0.2) is 88.3 Å². The highest BCUT2D eigenvalue weighted by Crippen LogP contribution is 2.32. The Morgan fingerprint density at radius 2 is 1.78 bits per heavy atom. The third kappa shape index (κ3) is 5.30. The molecule has 0 bridgehead atoms. The molecule has 3 aromatic rings. The number of hydrogen-bond donors (Lipinski definition) is 3. The number of carbonyl (C=O) groups excluding carboxylic acids is 1. The Kier molecular flexibility index (Phi) is 6.99. The number of fused-ring (bicyclic) bond motifs is 2. The van der Waals surface area contributed by atoms with Gasteiger partial charge in [0.05, 0.1) is 16.8 Å². The van der Waals surface area contributed by atoms with Crippen LogP contribution in [0.5, 0.6) is 11.5 Å². The number of aromatic amines is 1. The Balaban J connectivity index is 1.12.